The Labute approximate surface area is 170 Å². The minimum atomic E-state index is -0.433. The van der Waals surface area contributed by atoms with E-state index in [0.29, 0.717) is 17.6 Å². The Kier molecular flexibility index (Phi) is 5.30. The molecule has 1 aliphatic carbocycles. The summed E-state index contributed by atoms with van der Waals surface area (Å²) in [5.74, 6) is -0.616. The maximum atomic E-state index is 13.3. The normalized spacial score (nSPS) is 21.5. The fraction of sp³-hybridized carbons (Fsp3) is 0.292. The molecule has 5 heteroatoms. The summed E-state index contributed by atoms with van der Waals surface area (Å²) in [4.78, 5) is 30.2. The van der Waals surface area contributed by atoms with Gasteiger partial charge in [-0.3, -0.25) is 9.78 Å². The lowest BCUT2D eigenvalue weighted by molar-refractivity contribution is -0.138. The first kappa shape index (κ1) is 19.1. The van der Waals surface area contributed by atoms with Gasteiger partial charge in [-0.2, -0.15) is 0 Å². The van der Waals surface area contributed by atoms with Crippen LogP contribution in [0.4, 0.5) is 0 Å². The van der Waals surface area contributed by atoms with Gasteiger partial charge in [0.1, 0.15) is 0 Å². The van der Waals surface area contributed by atoms with Gasteiger partial charge in [0.2, 0.25) is 0 Å². The van der Waals surface area contributed by atoms with Crippen molar-refractivity contribution in [2.45, 2.75) is 38.5 Å². The molecule has 0 saturated carbocycles. The van der Waals surface area contributed by atoms with Gasteiger partial charge in [0.05, 0.1) is 12.2 Å². The predicted octanol–water partition coefficient (Wildman–Crippen LogP) is 4.01. The van der Waals surface area contributed by atoms with Gasteiger partial charge in [-0.1, -0.05) is 30.3 Å². The van der Waals surface area contributed by atoms with Crippen molar-refractivity contribution in [1.29, 1.82) is 0 Å². The van der Waals surface area contributed by atoms with Crippen molar-refractivity contribution in [2.24, 2.45) is 0 Å². The molecule has 2 aromatic rings. The minimum Gasteiger partial charge on any atom is -0.463 e. The molecule has 5 nitrogen and oxygen atoms in total. The maximum Gasteiger partial charge on any atom is 0.336 e. The zero-order chi connectivity index (χ0) is 20.4. The van der Waals surface area contributed by atoms with Gasteiger partial charge in [0.25, 0.3) is 0 Å². The summed E-state index contributed by atoms with van der Waals surface area (Å²) in [5.41, 5.74) is 4.86. The first-order chi connectivity index (χ1) is 14.1. The third kappa shape index (κ3) is 3.60. The summed E-state index contributed by atoms with van der Waals surface area (Å²) >= 11 is 0. The molecular weight excluding hydrogens is 364 g/mol. The summed E-state index contributed by atoms with van der Waals surface area (Å²) < 4.78 is 5.32. The van der Waals surface area contributed by atoms with Gasteiger partial charge in [-0.25, -0.2) is 4.79 Å². The van der Waals surface area contributed by atoms with Crippen LogP contribution in [0.3, 0.4) is 0 Å². The highest BCUT2D eigenvalue weighted by Gasteiger charge is 2.41. The number of ether oxygens (including phenoxy) is 1. The fourth-order valence-corrected chi connectivity index (χ4v) is 4.37. The van der Waals surface area contributed by atoms with Gasteiger partial charge in [-0.15, -0.1) is 0 Å². The molecule has 29 heavy (non-hydrogen) atoms. The number of hydrogen-bond donors (Lipinski definition) is 1. The second-order valence-electron chi connectivity index (χ2n) is 7.43. The standard InChI is InChI=1S/C24H24N2O3/c1-3-29-24(28)21-15(2)26-19-13-18(16-7-5-4-6-8-16)14-20(27)23(19)22(21)17-9-11-25-12-10-17/h4-12,18,22,26H,3,13-14H2,1-2H3/t18-,22+/m0/s1. The molecule has 1 aromatic heterocycles. The molecule has 0 bridgehead atoms. The smallest absolute Gasteiger partial charge is 0.336 e. The SMILES string of the molecule is CCOC(=O)C1=C(C)NC2=C(C(=O)C[C@@H](c3ccccc3)C2)[C@@H]1c1ccncc1. The number of dihydropyridines is 1. The molecule has 0 radical (unpaired) electrons. The molecule has 4 rings (SSSR count). The van der Waals surface area contributed by atoms with Crippen molar-refractivity contribution in [3.8, 4) is 0 Å². The van der Waals surface area contributed by atoms with E-state index in [1.165, 1.54) is 0 Å². The van der Waals surface area contributed by atoms with Crippen LogP contribution in [-0.2, 0) is 14.3 Å². The van der Waals surface area contributed by atoms with Crippen LogP contribution in [0.2, 0.25) is 0 Å². The molecule has 2 aliphatic rings. The lowest BCUT2D eigenvalue weighted by Gasteiger charge is -2.36. The van der Waals surface area contributed by atoms with E-state index in [1.54, 1.807) is 19.3 Å². The fourth-order valence-electron chi connectivity index (χ4n) is 4.37. The van der Waals surface area contributed by atoms with Crippen molar-refractivity contribution in [3.05, 3.63) is 88.5 Å². The van der Waals surface area contributed by atoms with Crippen LogP contribution in [0.15, 0.2) is 77.4 Å². The first-order valence-corrected chi connectivity index (χ1v) is 9.96. The maximum absolute atomic E-state index is 13.3. The number of Topliss-reactive ketones (excluding diaryl/α,β-unsaturated/α-hetero) is 1. The highest BCUT2D eigenvalue weighted by atomic mass is 16.5. The Morgan fingerprint density at radius 3 is 2.52 bits per heavy atom. The second kappa shape index (κ2) is 8.03. The Balaban J connectivity index is 1.79. The van der Waals surface area contributed by atoms with Crippen LogP contribution in [0.5, 0.6) is 0 Å². The van der Waals surface area contributed by atoms with Gasteiger partial charge < -0.3 is 10.1 Å². The molecule has 0 spiro atoms. The van der Waals surface area contributed by atoms with E-state index in [0.717, 1.165) is 28.9 Å². The number of esters is 1. The Bertz CT molecular complexity index is 993. The van der Waals surface area contributed by atoms with Crippen molar-refractivity contribution in [3.63, 3.8) is 0 Å². The van der Waals surface area contributed by atoms with Gasteiger partial charge in [0, 0.05) is 41.7 Å². The summed E-state index contributed by atoms with van der Waals surface area (Å²) in [5, 5.41) is 3.36. The zero-order valence-electron chi connectivity index (χ0n) is 16.6. The Hall–Kier alpha value is -3.21. The lowest BCUT2D eigenvalue weighted by Crippen LogP contribution is -2.36. The number of rotatable bonds is 4. The van der Waals surface area contributed by atoms with Crippen molar-refractivity contribution < 1.29 is 14.3 Å². The third-order valence-corrected chi connectivity index (χ3v) is 5.63. The first-order valence-electron chi connectivity index (χ1n) is 9.96. The molecule has 0 amide bonds. The molecule has 2 heterocycles. The van der Waals surface area contributed by atoms with E-state index in [2.05, 4.69) is 22.4 Å². The zero-order valence-corrected chi connectivity index (χ0v) is 16.6. The Morgan fingerprint density at radius 2 is 1.83 bits per heavy atom. The molecule has 1 N–H and O–H groups in total. The number of pyridine rings is 1. The molecule has 0 fully saturated rings. The molecule has 1 aromatic carbocycles. The summed E-state index contributed by atoms with van der Waals surface area (Å²) in [7, 11) is 0. The highest BCUT2D eigenvalue weighted by Crippen LogP contribution is 2.45. The van der Waals surface area contributed by atoms with Crippen LogP contribution in [0.1, 0.15) is 49.7 Å². The number of carbonyl (C=O) groups is 2. The number of aromatic nitrogens is 1. The second-order valence-corrected chi connectivity index (χ2v) is 7.43. The van der Waals surface area contributed by atoms with Crippen LogP contribution in [-0.4, -0.2) is 23.3 Å². The highest BCUT2D eigenvalue weighted by molar-refractivity contribution is 6.04. The average Bonchev–Trinajstić information content (AvgIpc) is 2.74. The number of nitrogens with one attached hydrogen (secondary N) is 1. The molecule has 0 saturated heterocycles. The van der Waals surface area contributed by atoms with Gasteiger partial charge in [0.15, 0.2) is 5.78 Å². The van der Waals surface area contributed by atoms with E-state index in [-0.39, 0.29) is 24.3 Å². The van der Waals surface area contributed by atoms with E-state index in [4.69, 9.17) is 4.74 Å². The number of nitrogens with zero attached hydrogens (tertiary/aromatic N) is 1. The number of hydrogen-bond acceptors (Lipinski definition) is 5. The molecule has 148 valence electrons. The van der Waals surface area contributed by atoms with Crippen LogP contribution in [0, 0.1) is 0 Å². The number of allylic oxidation sites excluding steroid dienone is 3. The predicted molar refractivity (Wildman–Crippen MR) is 110 cm³/mol. The summed E-state index contributed by atoms with van der Waals surface area (Å²) in [6.07, 6.45) is 4.55. The molecular formula is C24H24N2O3. The largest absolute Gasteiger partial charge is 0.463 e. The van der Waals surface area contributed by atoms with Crippen LogP contribution >= 0.6 is 0 Å². The molecule has 2 atom stereocenters. The summed E-state index contributed by atoms with van der Waals surface area (Å²) in [6, 6.07) is 13.9. The monoisotopic (exact) mass is 388 g/mol. The van der Waals surface area contributed by atoms with Gasteiger partial charge in [-0.05, 0) is 49.4 Å². The number of ketones is 1. The van der Waals surface area contributed by atoms with Crippen LogP contribution in [0.25, 0.3) is 0 Å². The van der Waals surface area contributed by atoms with Crippen molar-refractivity contribution in [2.75, 3.05) is 6.61 Å². The quantitative estimate of drug-likeness (QED) is 0.802. The molecule has 0 unspecified atom stereocenters. The lowest BCUT2D eigenvalue weighted by atomic mass is 9.72. The topological polar surface area (TPSA) is 68.3 Å². The van der Waals surface area contributed by atoms with Crippen molar-refractivity contribution in [1.82, 2.24) is 10.3 Å². The van der Waals surface area contributed by atoms with E-state index < -0.39 is 5.92 Å². The van der Waals surface area contributed by atoms with Gasteiger partial charge >= 0.3 is 5.97 Å². The third-order valence-electron chi connectivity index (χ3n) is 5.63. The summed E-state index contributed by atoms with van der Waals surface area (Å²) in [6.45, 7) is 3.95. The van der Waals surface area contributed by atoms with Crippen LogP contribution < -0.4 is 5.32 Å². The van der Waals surface area contributed by atoms with Crippen molar-refractivity contribution >= 4 is 11.8 Å². The average molecular weight is 388 g/mol. The Morgan fingerprint density at radius 1 is 1.10 bits per heavy atom. The number of benzene rings is 1. The van der Waals surface area contributed by atoms with E-state index in [9.17, 15) is 9.59 Å². The minimum absolute atomic E-state index is 0.0729. The number of carbonyl (C=O) groups excluding carboxylic acids is 2. The molecule has 1 aliphatic heterocycles. The van der Waals surface area contributed by atoms with E-state index in [1.807, 2.05) is 37.3 Å². The van der Waals surface area contributed by atoms with E-state index >= 15 is 0 Å².